The third-order valence-corrected chi connectivity index (χ3v) is 5.19. The quantitative estimate of drug-likeness (QED) is 0.663. The van der Waals surface area contributed by atoms with Crippen LogP contribution in [0.1, 0.15) is 31.2 Å². The van der Waals surface area contributed by atoms with E-state index in [0.29, 0.717) is 23.7 Å². The molecule has 0 spiro atoms. The van der Waals surface area contributed by atoms with E-state index in [-0.39, 0.29) is 18.1 Å². The Hall–Kier alpha value is -3.09. The highest BCUT2D eigenvalue weighted by Gasteiger charge is 2.44. The first-order valence-corrected chi connectivity index (χ1v) is 8.86. The number of carbonyl (C=O) groups excluding carboxylic acids is 1. The molecule has 1 aliphatic carbocycles. The third kappa shape index (κ3) is 3.09. The zero-order chi connectivity index (χ0) is 18.9. The number of ether oxygens (including phenoxy) is 1. The summed E-state index contributed by atoms with van der Waals surface area (Å²) in [5.41, 5.74) is 0.0596. The first kappa shape index (κ1) is 17.3. The van der Waals surface area contributed by atoms with Crippen LogP contribution in [0, 0.1) is 5.82 Å². The Balaban J connectivity index is 1.58. The van der Waals surface area contributed by atoms with E-state index in [1.807, 2.05) is 0 Å². The van der Waals surface area contributed by atoms with Gasteiger partial charge < -0.3 is 4.74 Å². The number of carbonyl (C=O) groups is 1. The average molecular weight is 367 g/mol. The number of halogens is 1. The molecule has 1 aliphatic rings. The molecule has 0 N–H and O–H groups in total. The molecule has 2 aromatic carbocycles. The molecule has 138 valence electrons. The van der Waals surface area contributed by atoms with Crippen molar-refractivity contribution in [3.63, 3.8) is 0 Å². The Bertz CT molecular complexity index is 1040. The summed E-state index contributed by atoms with van der Waals surface area (Å²) in [7, 11) is 0. The number of hydrogen-bond donors (Lipinski definition) is 0. The summed E-state index contributed by atoms with van der Waals surface area (Å²) < 4.78 is 19.8. The highest BCUT2D eigenvalue weighted by molar-refractivity contribution is 5.83. The van der Waals surface area contributed by atoms with Crippen molar-refractivity contribution in [1.29, 1.82) is 0 Å². The Kier molecular flexibility index (Phi) is 4.43. The van der Waals surface area contributed by atoms with Crippen LogP contribution < -0.4 is 5.56 Å². The Morgan fingerprint density at radius 2 is 1.81 bits per heavy atom. The second-order valence-electron chi connectivity index (χ2n) is 6.77. The van der Waals surface area contributed by atoms with Crippen LogP contribution in [0.4, 0.5) is 4.39 Å². The molecule has 4 rings (SSSR count). The van der Waals surface area contributed by atoms with Crippen molar-refractivity contribution in [2.24, 2.45) is 0 Å². The van der Waals surface area contributed by atoms with Gasteiger partial charge in [-0.05, 0) is 42.7 Å². The van der Waals surface area contributed by atoms with E-state index in [1.165, 1.54) is 12.1 Å². The number of rotatable bonds is 4. The molecular formula is C20H18FN3O3. The molecule has 1 saturated carbocycles. The fraction of sp³-hybridized carbons (Fsp3) is 0.300. The van der Waals surface area contributed by atoms with E-state index in [4.69, 9.17) is 4.74 Å². The number of fused-ring (bicyclic) bond motifs is 1. The molecule has 27 heavy (non-hydrogen) atoms. The highest BCUT2D eigenvalue weighted by atomic mass is 19.1. The Labute approximate surface area is 154 Å². The molecule has 0 saturated heterocycles. The van der Waals surface area contributed by atoms with Crippen LogP contribution in [0.15, 0.2) is 53.3 Å². The van der Waals surface area contributed by atoms with Gasteiger partial charge >= 0.3 is 5.97 Å². The van der Waals surface area contributed by atoms with Gasteiger partial charge in [0, 0.05) is 0 Å². The van der Waals surface area contributed by atoms with Crippen LogP contribution >= 0.6 is 0 Å². The van der Waals surface area contributed by atoms with Crippen LogP contribution in [0.3, 0.4) is 0 Å². The van der Waals surface area contributed by atoms with Crippen molar-refractivity contribution in [1.82, 2.24) is 15.0 Å². The van der Waals surface area contributed by atoms with E-state index in [9.17, 15) is 14.0 Å². The summed E-state index contributed by atoms with van der Waals surface area (Å²) >= 11 is 0. The van der Waals surface area contributed by atoms with E-state index in [0.717, 1.165) is 23.1 Å². The number of esters is 1. The first-order valence-electron chi connectivity index (χ1n) is 8.86. The third-order valence-electron chi connectivity index (χ3n) is 5.19. The lowest BCUT2D eigenvalue weighted by atomic mass is 9.79. The lowest BCUT2D eigenvalue weighted by molar-refractivity contribution is -0.155. The second-order valence-corrected chi connectivity index (χ2v) is 6.77. The van der Waals surface area contributed by atoms with Crippen molar-refractivity contribution in [3.05, 3.63) is 70.3 Å². The van der Waals surface area contributed by atoms with Gasteiger partial charge in [-0.25, -0.2) is 4.39 Å². The summed E-state index contributed by atoms with van der Waals surface area (Å²) in [6.45, 7) is -0.307. The minimum Gasteiger partial charge on any atom is -0.441 e. The second kappa shape index (κ2) is 6.90. The van der Waals surface area contributed by atoms with Gasteiger partial charge in [0.05, 0.1) is 10.8 Å². The molecular weight excluding hydrogens is 349 g/mol. The molecule has 1 fully saturated rings. The van der Waals surface area contributed by atoms with Gasteiger partial charge in [-0.3, -0.25) is 9.59 Å². The SMILES string of the molecule is O=C(OCn1nnc2ccccc2c1=O)C1(c2ccc(F)cc2)CCCC1. The van der Waals surface area contributed by atoms with Gasteiger partial charge in [0.15, 0.2) is 6.73 Å². The van der Waals surface area contributed by atoms with Crippen molar-refractivity contribution in [3.8, 4) is 0 Å². The minimum atomic E-state index is -0.804. The molecule has 6 nitrogen and oxygen atoms in total. The van der Waals surface area contributed by atoms with Crippen LogP contribution in [-0.2, 0) is 21.7 Å². The molecule has 0 unspecified atom stereocenters. The number of hydrogen-bond acceptors (Lipinski definition) is 5. The normalized spacial score (nSPS) is 15.7. The fourth-order valence-electron chi connectivity index (χ4n) is 3.72. The highest BCUT2D eigenvalue weighted by Crippen LogP contribution is 2.42. The van der Waals surface area contributed by atoms with Gasteiger partial charge in [-0.2, -0.15) is 4.68 Å². The largest absolute Gasteiger partial charge is 0.441 e. The fourth-order valence-corrected chi connectivity index (χ4v) is 3.72. The lowest BCUT2D eigenvalue weighted by Crippen LogP contribution is -2.36. The van der Waals surface area contributed by atoms with Crippen molar-refractivity contribution < 1.29 is 13.9 Å². The molecule has 0 aliphatic heterocycles. The molecule has 7 heteroatoms. The summed E-state index contributed by atoms with van der Waals surface area (Å²) in [5.74, 6) is -0.772. The van der Waals surface area contributed by atoms with Crippen LogP contribution in [0.5, 0.6) is 0 Å². The predicted octanol–water partition coefficient (Wildman–Crippen LogP) is 2.94. The summed E-state index contributed by atoms with van der Waals surface area (Å²) in [6.07, 6.45) is 3.05. The summed E-state index contributed by atoms with van der Waals surface area (Å²) in [6, 6.07) is 12.8. The molecule has 1 heterocycles. The maximum atomic E-state index is 13.3. The first-order chi connectivity index (χ1) is 13.1. The van der Waals surface area contributed by atoms with Gasteiger partial charge in [0.2, 0.25) is 0 Å². The zero-order valence-corrected chi connectivity index (χ0v) is 14.6. The zero-order valence-electron chi connectivity index (χ0n) is 14.6. The van der Waals surface area contributed by atoms with Gasteiger partial charge in [0.25, 0.3) is 5.56 Å². The average Bonchev–Trinajstić information content (AvgIpc) is 3.19. The smallest absolute Gasteiger partial charge is 0.318 e. The predicted molar refractivity (Wildman–Crippen MR) is 96.4 cm³/mol. The summed E-state index contributed by atoms with van der Waals surface area (Å²) in [4.78, 5) is 25.4. The van der Waals surface area contributed by atoms with Gasteiger partial charge in [0.1, 0.15) is 11.3 Å². The van der Waals surface area contributed by atoms with E-state index >= 15 is 0 Å². The van der Waals surface area contributed by atoms with E-state index in [2.05, 4.69) is 10.3 Å². The number of nitrogens with zero attached hydrogens (tertiary/aromatic N) is 3. The Morgan fingerprint density at radius 3 is 2.56 bits per heavy atom. The van der Waals surface area contributed by atoms with Gasteiger partial charge in [-0.15, -0.1) is 5.10 Å². The maximum Gasteiger partial charge on any atom is 0.318 e. The van der Waals surface area contributed by atoms with Gasteiger partial charge in [-0.1, -0.05) is 42.3 Å². The molecule has 0 amide bonds. The van der Waals surface area contributed by atoms with Crippen LogP contribution in [0.2, 0.25) is 0 Å². The molecule has 0 bridgehead atoms. The number of aromatic nitrogens is 3. The monoisotopic (exact) mass is 367 g/mol. The van der Waals surface area contributed by atoms with E-state index in [1.54, 1.807) is 36.4 Å². The molecule has 0 radical (unpaired) electrons. The molecule has 3 aromatic rings. The maximum absolute atomic E-state index is 13.3. The van der Waals surface area contributed by atoms with Crippen molar-refractivity contribution in [2.45, 2.75) is 37.8 Å². The number of benzene rings is 2. The summed E-state index contributed by atoms with van der Waals surface area (Å²) in [5, 5.41) is 8.24. The van der Waals surface area contributed by atoms with Crippen molar-refractivity contribution in [2.75, 3.05) is 0 Å². The molecule has 0 atom stereocenters. The topological polar surface area (TPSA) is 74.1 Å². The van der Waals surface area contributed by atoms with E-state index < -0.39 is 11.4 Å². The Morgan fingerprint density at radius 1 is 1.11 bits per heavy atom. The lowest BCUT2D eigenvalue weighted by Gasteiger charge is -2.27. The van der Waals surface area contributed by atoms with Crippen molar-refractivity contribution >= 4 is 16.9 Å². The standard InChI is InChI=1S/C20H18FN3O3/c21-15-9-7-14(8-10-15)20(11-3-4-12-20)19(26)27-13-24-18(25)16-5-1-2-6-17(16)22-23-24/h1-2,5-10H,3-4,11-13H2. The molecule has 1 aromatic heterocycles. The van der Waals surface area contributed by atoms with Crippen LogP contribution in [-0.4, -0.2) is 21.0 Å². The van der Waals surface area contributed by atoms with Crippen LogP contribution in [0.25, 0.3) is 10.9 Å². The minimum absolute atomic E-state index is 0.307.